The fourth-order valence-electron chi connectivity index (χ4n) is 2.25. The summed E-state index contributed by atoms with van der Waals surface area (Å²) in [5.74, 6) is 1.10. The first kappa shape index (κ1) is 16.5. The van der Waals surface area contributed by atoms with Crippen molar-refractivity contribution in [3.63, 3.8) is 0 Å². The number of aliphatic hydroxyl groups is 1. The Morgan fingerprint density at radius 1 is 1.37 bits per heavy atom. The van der Waals surface area contributed by atoms with Gasteiger partial charge >= 0.3 is 0 Å². The van der Waals surface area contributed by atoms with E-state index in [1.807, 2.05) is 11.8 Å². The van der Waals surface area contributed by atoms with Crippen molar-refractivity contribution in [2.75, 3.05) is 12.4 Å². The summed E-state index contributed by atoms with van der Waals surface area (Å²) in [5.41, 5.74) is 1.16. The van der Waals surface area contributed by atoms with Crippen LogP contribution in [0, 0.1) is 6.92 Å². The Morgan fingerprint density at radius 3 is 2.68 bits per heavy atom. The molecule has 19 heavy (non-hydrogen) atoms. The predicted octanol–water partition coefficient (Wildman–Crippen LogP) is 3.62. The number of hydrogen-bond acceptors (Lipinski definition) is 3. The largest absolute Gasteiger partial charge is 0.394 e. The van der Waals surface area contributed by atoms with E-state index in [-0.39, 0.29) is 12.1 Å². The van der Waals surface area contributed by atoms with Crippen molar-refractivity contribution in [2.45, 2.75) is 57.0 Å². The summed E-state index contributed by atoms with van der Waals surface area (Å²) < 4.78 is 0. The molecule has 2 N–H and O–H groups in total. The van der Waals surface area contributed by atoms with Crippen molar-refractivity contribution in [1.82, 2.24) is 5.32 Å². The van der Waals surface area contributed by atoms with E-state index in [0.717, 1.165) is 18.6 Å². The minimum atomic E-state index is -0.151. The maximum absolute atomic E-state index is 9.52. The standard InChI is InChI=1S/C16H27NOS/c1-13(2)17-16(4,12-18)9-6-10-19-15-8-5-7-14(3)11-15/h5,7-8,11,13,17-18H,6,9-10,12H2,1-4H3. The lowest BCUT2D eigenvalue weighted by Gasteiger charge is -2.31. The summed E-state index contributed by atoms with van der Waals surface area (Å²) in [4.78, 5) is 1.34. The Labute approximate surface area is 122 Å². The van der Waals surface area contributed by atoms with E-state index in [2.05, 4.69) is 57.3 Å². The second-order valence-corrected chi connectivity index (χ2v) is 6.95. The third kappa shape index (κ3) is 6.46. The lowest BCUT2D eigenvalue weighted by Crippen LogP contribution is -2.49. The van der Waals surface area contributed by atoms with Crippen molar-refractivity contribution in [3.8, 4) is 0 Å². The van der Waals surface area contributed by atoms with Gasteiger partial charge in [-0.3, -0.25) is 0 Å². The molecule has 0 saturated heterocycles. The maximum atomic E-state index is 9.52. The third-order valence-corrected chi connectivity index (χ3v) is 4.20. The molecule has 3 heteroatoms. The topological polar surface area (TPSA) is 32.3 Å². The molecule has 108 valence electrons. The molecule has 0 amide bonds. The highest BCUT2D eigenvalue weighted by molar-refractivity contribution is 7.99. The molecule has 0 fully saturated rings. The van der Waals surface area contributed by atoms with Gasteiger partial charge in [-0.05, 0) is 44.6 Å². The molecule has 0 saturated carbocycles. The van der Waals surface area contributed by atoms with Crippen molar-refractivity contribution >= 4 is 11.8 Å². The van der Waals surface area contributed by atoms with Crippen LogP contribution in [0.15, 0.2) is 29.2 Å². The summed E-state index contributed by atoms with van der Waals surface area (Å²) in [7, 11) is 0. The van der Waals surface area contributed by atoms with Gasteiger partial charge in [0.15, 0.2) is 0 Å². The molecule has 0 aliphatic carbocycles. The van der Waals surface area contributed by atoms with Crippen LogP contribution in [0.4, 0.5) is 0 Å². The summed E-state index contributed by atoms with van der Waals surface area (Å²) in [6, 6.07) is 9.02. The number of thioether (sulfide) groups is 1. The van der Waals surface area contributed by atoms with Gasteiger partial charge in [-0.15, -0.1) is 11.8 Å². The van der Waals surface area contributed by atoms with Crippen LogP contribution < -0.4 is 5.32 Å². The molecular weight excluding hydrogens is 254 g/mol. The smallest absolute Gasteiger partial charge is 0.0610 e. The minimum Gasteiger partial charge on any atom is -0.394 e. The molecule has 0 bridgehead atoms. The molecule has 1 aromatic rings. The van der Waals surface area contributed by atoms with E-state index in [0.29, 0.717) is 6.04 Å². The van der Waals surface area contributed by atoms with Crippen molar-refractivity contribution in [1.29, 1.82) is 0 Å². The van der Waals surface area contributed by atoms with Crippen LogP contribution in [0.1, 0.15) is 39.2 Å². The van der Waals surface area contributed by atoms with Crippen molar-refractivity contribution < 1.29 is 5.11 Å². The zero-order chi connectivity index (χ0) is 14.3. The van der Waals surface area contributed by atoms with Gasteiger partial charge in [-0.25, -0.2) is 0 Å². The Morgan fingerprint density at radius 2 is 2.11 bits per heavy atom. The molecule has 2 nitrogen and oxygen atoms in total. The highest BCUT2D eigenvalue weighted by atomic mass is 32.2. The number of aryl methyl sites for hydroxylation is 1. The molecule has 1 aromatic carbocycles. The van der Waals surface area contributed by atoms with Crippen LogP contribution in [0.3, 0.4) is 0 Å². The zero-order valence-corrected chi connectivity index (χ0v) is 13.4. The molecule has 0 spiro atoms. The summed E-state index contributed by atoms with van der Waals surface area (Å²) in [6.45, 7) is 8.66. The molecule has 0 aliphatic heterocycles. The molecule has 1 rings (SSSR count). The molecule has 1 unspecified atom stereocenters. The molecule has 0 heterocycles. The second kappa shape index (κ2) is 7.93. The van der Waals surface area contributed by atoms with E-state index in [1.165, 1.54) is 10.5 Å². The number of hydrogen-bond donors (Lipinski definition) is 2. The van der Waals surface area contributed by atoms with Gasteiger partial charge in [0.1, 0.15) is 0 Å². The first-order chi connectivity index (χ1) is 8.95. The van der Waals surface area contributed by atoms with Crippen LogP contribution in [0.5, 0.6) is 0 Å². The fraction of sp³-hybridized carbons (Fsp3) is 0.625. The predicted molar refractivity (Wildman–Crippen MR) is 84.9 cm³/mol. The first-order valence-corrected chi connectivity index (χ1v) is 8.02. The molecule has 0 aromatic heterocycles. The zero-order valence-electron chi connectivity index (χ0n) is 12.6. The van der Waals surface area contributed by atoms with Gasteiger partial charge in [-0.2, -0.15) is 0 Å². The summed E-state index contributed by atoms with van der Waals surface area (Å²) in [5, 5.41) is 13.0. The molecular formula is C16H27NOS. The SMILES string of the molecule is Cc1cccc(SCCCC(C)(CO)NC(C)C)c1. The highest BCUT2D eigenvalue weighted by Gasteiger charge is 2.22. The van der Waals surface area contributed by atoms with Crippen molar-refractivity contribution in [2.24, 2.45) is 0 Å². The summed E-state index contributed by atoms with van der Waals surface area (Å²) >= 11 is 1.90. The van der Waals surface area contributed by atoms with Crippen LogP contribution in [-0.4, -0.2) is 29.0 Å². The Kier molecular flexibility index (Phi) is 6.90. The first-order valence-electron chi connectivity index (χ1n) is 7.03. The normalized spacial score (nSPS) is 14.6. The third-order valence-electron chi connectivity index (χ3n) is 3.12. The summed E-state index contributed by atoms with van der Waals surface area (Å²) in [6.07, 6.45) is 2.11. The van der Waals surface area contributed by atoms with Gasteiger partial charge < -0.3 is 10.4 Å². The van der Waals surface area contributed by atoms with E-state index in [4.69, 9.17) is 0 Å². The van der Waals surface area contributed by atoms with E-state index >= 15 is 0 Å². The van der Waals surface area contributed by atoms with Gasteiger partial charge in [0.05, 0.1) is 6.61 Å². The number of nitrogens with one attached hydrogen (secondary N) is 1. The molecule has 0 radical (unpaired) electrons. The number of benzene rings is 1. The maximum Gasteiger partial charge on any atom is 0.0610 e. The van der Waals surface area contributed by atoms with Gasteiger partial charge in [0, 0.05) is 16.5 Å². The van der Waals surface area contributed by atoms with Crippen LogP contribution in [0.2, 0.25) is 0 Å². The quantitative estimate of drug-likeness (QED) is 0.564. The monoisotopic (exact) mass is 281 g/mol. The van der Waals surface area contributed by atoms with Gasteiger partial charge in [0.25, 0.3) is 0 Å². The number of aliphatic hydroxyl groups excluding tert-OH is 1. The average Bonchev–Trinajstić information content (AvgIpc) is 2.34. The second-order valence-electron chi connectivity index (χ2n) is 5.79. The minimum absolute atomic E-state index is 0.151. The molecule has 1 atom stereocenters. The Bertz CT molecular complexity index is 381. The highest BCUT2D eigenvalue weighted by Crippen LogP contribution is 2.22. The van der Waals surface area contributed by atoms with E-state index < -0.39 is 0 Å². The lowest BCUT2D eigenvalue weighted by molar-refractivity contribution is 0.156. The van der Waals surface area contributed by atoms with Crippen LogP contribution >= 0.6 is 11.8 Å². The van der Waals surface area contributed by atoms with Crippen LogP contribution in [-0.2, 0) is 0 Å². The molecule has 0 aliphatic rings. The van der Waals surface area contributed by atoms with Gasteiger partial charge in [0.2, 0.25) is 0 Å². The van der Waals surface area contributed by atoms with E-state index in [9.17, 15) is 5.11 Å². The van der Waals surface area contributed by atoms with Crippen molar-refractivity contribution in [3.05, 3.63) is 29.8 Å². The average molecular weight is 281 g/mol. The number of rotatable bonds is 8. The Balaban J connectivity index is 2.33. The Hall–Kier alpha value is -0.510. The van der Waals surface area contributed by atoms with Crippen LogP contribution in [0.25, 0.3) is 0 Å². The lowest BCUT2D eigenvalue weighted by atomic mass is 9.96. The van der Waals surface area contributed by atoms with Gasteiger partial charge in [-0.1, -0.05) is 31.5 Å². The van der Waals surface area contributed by atoms with E-state index in [1.54, 1.807) is 0 Å². The fourth-order valence-corrected chi connectivity index (χ4v) is 3.22.